The maximum atomic E-state index is 5.70. The molecule has 0 bridgehead atoms. The van der Waals surface area contributed by atoms with Gasteiger partial charge in [0.2, 0.25) is 0 Å². The zero-order valence-electron chi connectivity index (χ0n) is 11.1. The number of hydrogen-bond acceptors (Lipinski definition) is 3. The molecule has 3 rings (SSSR count). The third-order valence-electron chi connectivity index (χ3n) is 3.98. The van der Waals surface area contributed by atoms with Crippen molar-refractivity contribution >= 4 is 5.69 Å². The summed E-state index contributed by atoms with van der Waals surface area (Å²) in [4.78, 5) is 0. The maximum absolute atomic E-state index is 5.70. The van der Waals surface area contributed by atoms with E-state index < -0.39 is 0 Å². The molecular formula is C15H20N4. The summed E-state index contributed by atoms with van der Waals surface area (Å²) in [7, 11) is 0. The van der Waals surface area contributed by atoms with Gasteiger partial charge in [0.15, 0.2) is 0 Å². The van der Waals surface area contributed by atoms with Crippen LogP contribution in [0.2, 0.25) is 0 Å². The van der Waals surface area contributed by atoms with Crippen molar-refractivity contribution in [2.24, 2.45) is 0 Å². The lowest BCUT2D eigenvalue weighted by atomic mass is 10.1. The van der Waals surface area contributed by atoms with Gasteiger partial charge in [0.05, 0.1) is 0 Å². The highest BCUT2D eigenvalue weighted by Crippen LogP contribution is 2.30. The van der Waals surface area contributed by atoms with Crippen LogP contribution in [0.4, 0.5) is 5.69 Å². The minimum atomic E-state index is 0.622. The summed E-state index contributed by atoms with van der Waals surface area (Å²) in [6.07, 6.45) is 9.04. The first-order valence-corrected chi connectivity index (χ1v) is 7.06. The Hall–Kier alpha value is -1.84. The third kappa shape index (κ3) is 2.78. The van der Waals surface area contributed by atoms with E-state index in [0.29, 0.717) is 6.04 Å². The van der Waals surface area contributed by atoms with Gasteiger partial charge < -0.3 is 10.3 Å². The zero-order valence-corrected chi connectivity index (χ0v) is 11.1. The van der Waals surface area contributed by atoms with E-state index in [4.69, 9.17) is 5.73 Å². The van der Waals surface area contributed by atoms with Gasteiger partial charge >= 0.3 is 0 Å². The Balaban J connectivity index is 1.66. The molecule has 0 aliphatic heterocycles. The number of aryl methyl sites for hydroxylation is 2. The number of rotatable bonds is 4. The number of hydrogen-bond donors (Lipinski definition) is 1. The predicted octanol–water partition coefficient (Wildman–Crippen LogP) is 2.76. The topological polar surface area (TPSA) is 56.7 Å². The number of aromatic nitrogens is 3. The minimum Gasteiger partial charge on any atom is -0.399 e. The van der Waals surface area contributed by atoms with Gasteiger partial charge in [0.1, 0.15) is 12.2 Å². The van der Waals surface area contributed by atoms with E-state index in [1.54, 1.807) is 0 Å². The lowest BCUT2D eigenvalue weighted by Gasteiger charge is -2.13. The van der Waals surface area contributed by atoms with Crippen molar-refractivity contribution in [3.63, 3.8) is 0 Å². The van der Waals surface area contributed by atoms with Crippen LogP contribution in [0.1, 0.15) is 43.1 Å². The molecular weight excluding hydrogens is 236 g/mol. The highest BCUT2D eigenvalue weighted by molar-refractivity contribution is 5.39. The van der Waals surface area contributed by atoms with Crippen LogP contribution < -0.4 is 5.73 Å². The first kappa shape index (κ1) is 12.2. The van der Waals surface area contributed by atoms with Gasteiger partial charge in [-0.1, -0.05) is 25.0 Å². The van der Waals surface area contributed by atoms with E-state index >= 15 is 0 Å². The molecule has 4 heteroatoms. The zero-order chi connectivity index (χ0) is 13.1. The minimum absolute atomic E-state index is 0.622. The molecule has 0 atom stereocenters. The van der Waals surface area contributed by atoms with E-state index in [2.05, 4.69) is 26.9 Å². The third-order valence-corrected chi connectivity index (χ3v) is 3.98. The second-order valence-corrected chi connectivity index (χ2v) is 5.33. The predicted molar refractivity (Wildman–Crippen MR) is 75.8 cm³/mol. The van der Waals surface area contributed by atoms with Gasteiger partial charge in [0.25, 0.3) is 0 Å². The van der Waals surface area contributed by atoms with Crippen molar-refractivity contribution in [1.29, 1.82) is 0 Å². The monoisotopic (exact) mass is 256 g/mol. The summed E-state index contributed by atoms with van der Waals surface area (Å²) in [5.74, 6) is 1.11. The van der Waals surface area contributed by atoms with Gasteiger partial charge in [-0.05, 0) is 37.0 Å². The molecule has 1 aliphatic rings. The molecule has 100 valence electrons. The lowest BCUT2D eigenvalue weighted by Crippen LogP contribution is -2.09. The highest BCUT2D eigenvalue weighted by Gasteiger charge is 2.19. The fraction of sp³-hybridized carbons (Fsp3) is 0.467. The van der Waals surface area contributed by atoms with Crippen molar-refractivity contribution in [1.82, 2.24) is 14.8 Å². The molecule has 1 heterocycles. The first-order valence-electron chi connectivity index (χ1n) is 7.06. The number of benzene rings is 1. The van der Waals surface area contributed by atoms with Crippen LogP contribution >= 0.6 is 0 Å². The van der Waals surface area contributed by atoms with Gasteiger partial charge in [-0.25, -0.2) is 0 Å². The maximum Gasteiger partial charge on any atom is 0.133 e. The van der Waals surface area contributed by atoms with Gasteiger partial charge in [-0.3, -0.25) is 0 Å². The lowest BCUT2D eigenvalue weighted by molar-refractivity contribution is 0.495. The quantitative estimate of drug-likeness (QED) is 0.856. The first-order chi connectivity index (χ1) is 9.33. The molecule has 1 fully saturated rings. The van der Waals surface area contributed by atoms with E-state index in [0.717, 1.165) is 24.4 Å². The van der Waals surface area contributed by atoms with Crippen LogP contribution in [-0.2, 0) is 12.8 Å². The molecule has 2 N–H and O–H groups in total. The van der Waals surface area contributed by atoms with Gasteiger partial charge in [0, 0.05) is 18.2 Å². The molecule has 0 saturated heterocycles. The summed E-state index contributed by atoms with van der Waals surface area (Å²) < 4.78 is 2.28. The Kier molecular flexibility index (Phi) is 3.49. The fourth-order valence-corrected chi connectivity index (χ4v) is 2.87. The van der Waals surface area contributed by atoms with Crippen LogP contribution in [0.5, 0.6) is 0 Å². The summed E-state index contributed by atoms with van der Waals surface area (Å²) >= 11 is 0. The van der Waals surface area contributed by atoms with Crippen molar-refractivity contribution < 1.29 is 0 Å². The Morgan fingerprint density at radius 1 is 1.11 bits per heavy atom. The average molecular weight is 256 g/mol. The molecule has 1 aromatic heterocycles. The molecule has 1 aliphatic carbocycles. The molecule has 2 aromatic rings. The van der Waals surface area contributed by atoms with Crippen molar-refractivity contribution in [3.8, 4) is 0 Å². The van der Waals surface area contributed by atoms with E-state index in [9.17, 15) is 0 Å². The normalized spacial score (nSPS) is 16.0. The van der Waals surface area contributed by atoms with Crippen molar-refractivity contribution in [2.75, 3.05) is 5.73 Å². The van der Waals surface area contributed by atoms with Crippen LogP contribution in [0.15, 0.2) is 30.6 Å². The number of nitrogen functional groups attached to an aromatic ring is 1. The van der Waals surface area contributed by atoms with Gasteiger partial charge in [-0.2, -0.15) is 0 Å². The van der Waals surface area contributed by atoms with Crippen LogP contribution in [0, 0.1) is 0 Å². The molecule has 4 nitrogen and oxygen atoms in total. The molecule has 0 spiro atoms. The van der Waals surface area contributed by atoms with Crippen LogP contribution in [0.25, 0.3) is 0 Å². The summed E-state index contributed by atoms with van der Waals surface area (Å²) in [5, 5.41) is 8.37. The molecule has 0 unspecified atom stereocenters. The summed E-state index contributed by atoms with van der Waals surface area (Å²) in [6.45, 7) is 0. The van der Waals surface area contributed by atoms with Crippen molar-refractivity contribution in [2.45, 2.75) is 44.6 Å². The molecule has 0 radical (unpaired) electrons. The van der Waals surface area contributed by atoms with Crippen molar-refractivity contribution in [3.05, 3.63) is 42.0 Å². The van der Waals surface area contributed by atoms with E-state index in [-0.39, 0.29) is 0 Å². The Labute approximate surface area is 113 Å². The second-order valence-electron chi connectivity index (χ2n) is 5.33. The Morgan fingerprint density at radius 2 is 1.84 bits per heavy atom. The number of nitrogens with zero attached hydrogens (tertiary/aromatic N) is 3. The fourth-order valence-electron chi connectivity index (χ4n) is 2.87. The number of anilines is 1. The molecule has 19 heavy (non-hydrogen) atoms. The van der Waals surface area contributed by atoms with E-state index in [1.807, 2.05) is 18.5 Å². The molecule has 1 aromatic carbocycles. The van der Waals surface area contributed by atoms with Gasteiger partial charge in [-0.15, -0.1) is 10.2 Å². The molecule has 0 amide bonds. The average Bonchev–Trinajstić information content (AvgIpc) is 3.08. The highest BCUT2D eigenvalue weighted by atomic mass is 15.3. The Morgan fingerprint density at radius 3 is 2.58 bits per heavy atom. The molecule has 1 saturated carbocycles. The smallest absolute Gasteiger partial charge is 0.133 e. The summed E-state index contributed by atoms with van der Waals surface area (Å²) in [6, 6.07) is 8.71. The summed E-state index contributed by atoms with van der Waals surface area (Å²) in [5.41, 5.74) is 7.82. The standard InChI is InChI=1S/C15H20N4/c16-13-8-5-12(6-9-13)7-10-15-18-17-11-19(15)14-3-1-2-4-14/h5-6,8-9,11,14H,1-4,7,10,16H2. The SMILES string of the molecule is Nc1ccc(CCc2nncn2C2CCCC2)cc1. The Bertz CT molecular complexity index is 523. The second kappa shape index (κ2) is 5.43. The van der Waals surface area contributed by atoms with E-state index in [1.165, 1.54) is 31.2 Å². The largest absolute Gasteiger partial charge is 0.399 e. The van der Waals surface area contributed by atoms with Crippen LogP contribution in [-0.4, -0.2) is 14.8 Å². The number of nitrogens with two attached hydrogens (primary N) is 1. The van der Waals surface area contributed by atoms with Crippen LogP contribution in [0.3, 0.4) is 0 Å².